The molecular formula is C12H22N4O2. The lowest BCUT2D eigenvalue weighted by Crippen LogP contribution is -2.40. The lowest BCUT2D eigenvalue weighted by molar-refractivity contribution is -0.122. The number of rotatable bonds is 5. The molecule has 2 aliphatic rings. The van der Waals surface area contributed by atoms with Crippen LogP contribution in [0.3, 0.4) is 0 Å². The molecule has 2 heterocycles. The molecule has 6 heteroatoms. The van der Waals surface area contributed by atoms with E-state index in [2.05, 4.69) is 20.9 Å². The van der Waals surface area contributed by atoms with E-state index in [1.165, 1.54) is 6.92 Å². The van der Waals surface area contributed by atoms with Crippen LogP contribution < -0.4 is 16.0 Å². The summed E-state index contributed by atoms with van der Waals surface area (Å²) in [6, 6.07) is 0. The predicted octanol–water partition coefficient (Wildman–Crippen LogP) is -1.61. The Morgan fingerprint density at radius 1 is 1.17 bits per heavy atom. The molecule has 2 aliphatic heterocycles. The van der Waals surface area contributed by atoms with Crippen LogP contribution in [0.4, 0.5) is 0 Å². The SMILES string of the molecule is CC(=O)NCCNC(=O)CN1C[C@H]2CNC[C@H]2C1. The minimum Gasteiger partial charge on any atom is -0.355 e. The topological polar surface area (TPSA) is 73.5 Å². The molecule has 2 saturated heterocycles. The molecule has 0 aromatic rings. The normalized spacial score (nSPS) is 26.9. The first-order chi connectivity index (χ1) is 8.65. The Kier molecular flexibility index (Phi) is 4.54. The standard InChI is InChI=1S/C12H22N4O2/c1-9(17)14-2-3-15-12(18)8-16-6-10-4-13-5-11(10)7-16/h10-11,13H,2-8H2,1H3,(H,14,17)(H,15,18)/t10-,11+. The second-order valence-electron chi connectivity index (χ2n) is 5.21. The summed E-state index contributed by atoms with van der Waals surface area (Å²) in [5, 5.41) is 8.85. The predicted molar refractivity (Wildman–Crippen MR) is 68.0 cm³/mol. The molecule has 0 radical (unpaired) electrons. The van der Waals surface area contributed by atoms with Gasteiger partial charge in [0.25, 0.3) is 0 Å². The van der Waals surface area contributed by atoms with Crippen molar-refractivity contribution in [3.63, 3.8) is 0 Å². The summed E-state index contributed by atoms with van der Waals surface area (Å²) in [5.74, 6) is 1.42. The highest BCUT2D eigenvalue weighted by Crippen LogP contribution is 2.25. The first-order valence-electron chi connectivity index (χ1n) is 6.59. The van der Waals surface area contributed by atoms with Crippen molar-refractivity contribution in [2.75, 3.05) is 45.8 Å². The van der Waals surface area contributed by atoms with Gasteiger partial charge in [-0.2, -0.15) is 0 Å². The molecule has 102 valence electrons. The van der Waals surface area contributed by atoms with Gasteiger partial charge >= 0.3 is 0 Å². The number of carbonyl (C=O) groups excluding carboxylic acids is 2. The summed E-state index contributed by atoms with van der Waals surface area (Å²) in [6.45, 7) is 7.17. The second kappa shape index (κ2) is 6.15. The third-order valence-electron chi connectivity index (χ3n) is 3.65. The number of nitrogens with zero attached hydrogens (tertiary/aromatic N) is 1. The average molecular weight is 254 g/mol. The lowest BCUT2D eigenvalue weighted by Gasteiger charge is -2.16. The number of amides is 2. The Morgan fingerprint density at radius 2 is 1.78 bits per heavy atom. The summed E-state index contributed by atoms with van der Waals surface area (Å²) in [7, 11) is 0. The summed E-state index contributed by atoms with van der Waals surface area (Å²) in [6.07, 6.45) is 0. The van der Waals surface area contributed by atoms with Crippen molar-refractivity contribution in [1.82, 2.24) is 20.9 Å². The minimum atomic E-state index is -0.0656. The molecule has 0 bridgehead atoms. The van der Waals surface area contributed by atoms with Gasteiger partial charge in [-0.3, -0.25) is 14.5 Å². The van der Waals surface area contributed by atoms with Gasteiger partial charge in [-0.25, -0.2) is 0 Å². The van der Waals surface area contributed by atoms with Crippen LogP contribution in [0.25, 0.3) is 0 Å². The van der Waals surface area contributed by atoms with Crippen molar-refractivity contribution < 1.29 is 9.59 Å². The number of nitrogens with one attached hydrogen (secondary N) is 3. The van der Waals surface area contributed by atoms with E-state index >= 15 is 0 Å². The van der Waals surface area contributed by atoms with Crippen molar-refractivity contribution in [2.45, 2.75) is 6.92 Å². The van der Waals surface area contributed by atoms with Gasteiger partial charge in [0, 0.05) is 33.1 Å². The van der Waals surface area contributed by atoms with E-state index in [0.717, 1.165) is 38.0 Å². The van der Waals surface area contributed by atoms with Gasteiger partial charge in [-0.15, -0.1) is 0 Å². The van der Waals surface area contributed by atoms with Gasteiger partial charge in [0.1, 0.15) is 0 Å². The molecular weight excluding hydrogens is 232 g/mol. The summed E-state index contributed by atoms with van der Waals surface area (Å²) < 4.78 is 0. The van der Waals surface area contributed by atoms with Gasteiger partial charge in [0.05, 0.1) is 6.54 Å². The number of fused-ring (bicyclic) bond motifs is 1. The molecule has 3 N–H and O–H groups in total. The Bertz CT molecular complexity index is 309. The van der Waals surface area contributed by atoms with E-state index < -0.39 is 0 Å². The molecule has 0 aliphatic carbocycles. The van der Waals surface area contributed by atoms with Gasteiger partial charge in [0.15, 0.2) is 0 Å². The van der Waals surface area contributed by atoms with Crippen LogP contribution in [-0.4, -0.2) is 62.5 Å². The molecule has 0 spiro atoms. The zero-order valence-electron chi connectivity index (χ0n) is 10.9. The van der Waals surface area contributed by atoms with Crippen LogP contribution in [0.15, 0.2) is 0 Å². The molecule has 0 aromatic carbocycles. The van der Waals surface area contributed by atoms with Gasteiger partial charge in [-0.05, 0) is 24.9 Å². The molecule has 0 aromatic heterocycles. The Morgan fingerprint density at radius 3 is 2.39 bits per heavy atom. The quantitative estimate of drug-likeness (QED) is 0.516. The number of carbonyl (C=O) groups is 2. The highest BCUT2D eigenvalue weighted by Gasteiger charge is 2.36. The highest BCUT2D eigenvalue weighted by atomic mass is 16.2. The van der Waals surface area contributed by atoms with Crippen molar-refractivity contribution in [3.05, 3.63) is 0 Å². The van der Waals surface area contributed by atoms with E-state index in [0.29, 0.717) is 19.6 Å². The monoisotopic (exact) mass is 254 g/mol. The summed E-state index contributed by atoms with van der Waals surface area (Å²) in [5.41, 5.74) is 0. The minimum absolute atomic E-state index is 0.0493. The van der Waals surface area contributed by atoms with E-state index in [1.807, 2.05) is 0 Å². The third kappa shape index (κ3) is 3.68. The average Bonchev–Trinajstić information content (AvgIpc) is 2.84. The maximum Gasteiger partial charge on any atom is 0.234 e. The maximum absolute atomic E-state index is 11.7. The van der Waals surface area contributed by atoms with Crippen LogP contribution >= 0.6 is 0 Å². The Hall–Kier alpha value is -1.14. The lowest BCUT2D eigenvalue weighted by atomic mass is 10.0. The first kappa shape index (κ1) is 13.3. The molecule has 2 fully saturated rings. The van der Waals surface area contributed by atoms with Crippen LogP contribution in [-0.2, 0) is 9.59 Å². The largest absolute Gasteiger partial charge is 0.355 e. The zero-order valence-corrected chi connectivity index (χ0v) is 10.9. The molecule has 2 rings (SSSR count). The van der Waals surface area contributed by atoms with Crippen molar-refractivity contribution >= 4 is 11.8 Å². The fourth-order valence-electron chi connectivity index (χ4n) is 2.78. The van der Waals surface area contributed by atoms with E-state index in [1.54, 1.807) is 0 Å². The number of likely N-dealkylation sites (tertiary alicyclic amines) is 1. The maximum atomic E-state index is 11.7. The van der Waals surface area contributed by atoms with Crippen molar-refractivity contribution in [3.8, 4) is 0 Å². The van der Waals surface area contributed by atoms with Gasteiger partial charge in [-0.1, -0.05) is 0 Å². The van der Waals surface area contributed by atoms with Crippen LogP contribution in [0.2, 0.25) is 0 Å². The molecule has 2 amide bonds. The fourth-order valence-corrected chi connectivity index (χ4v) is 2.78. The highest BCUT2D eigenvalue weighted by molar-refractivity contribution is 5.78. The zero-order chi connectivity index (χ0) is 13.0. The second-order valence-corrected chi connectivity index (χ2v) is 5.21. The smallest absolute Gasteiger partial charge is 0.234 e. The number of hydrogen-bond donors (Lipinski definition) is 3. The summed E-state index contributed by atoms with van der Waals surface area (Å²) in [4.78, 5) is 24.5. The molecule has 0 unspecified atom stereocenters. The molecule has 18 heavy (non-hydrogen) atoms. The van der Waals surface area contributed by atoms with Crippen LogP contribution in [0.1, 0.15) is 6.92 Å². The molecule has 2 atom stereocenters. The Labute approximate surface area is 107 Å². The summed E-state index contributed by atoms with van der Waals surface area (Å²) >= 11 is 0. The van der Waals surface area contributed by atoms with Gasteiger partial charge in [0.2, 0.25) is 11.8 Å². The Balaban J connectivity index is 1.59. The van der Waals surface area contributed by atoms with Crippen molar-refractivity contribution in [1.29, 1.82) is 0 Å². The number of hydrogen-bond acceptors (Lipinski definition) is 4. The fraction of sp³-hybridized carbons (Fsp3) is 0.833. The van der Waals surface area contributed by atoms with E-state index in [4.69, 9.17) is 0 Å². The third-order valence-corrected chi connectivity index (χ3v) is 3.65. The van der Waals surface area contributed by atoms with E-state index in [9.17, 15) is 9.59 Å². The van der Waals surface area contributed by atoms with Crippen molar-refractivity contribution in [2.24, 2.45) is 11.8 Å². The van der Waals surface area contributed by atoms with Gasteiger partial charge < -0.3 is 16.0 Å². The first-order valence-corrected chi connectivity index (χ1v) is 6.59. The van der Waals surface area contributed by atoms with Crippen LogP contribution in [0.5, 0.6) is 0 Å². The molecule has 0 saturated carbocycles. The van der Waals surface area contributed by atoms with Crippen LogP contribution in [0, 0.1) is 11.8 Å². The molecule has 6 nitrogen and oxygen atoms in total. The van der Waals surface area contributed by atoms with E-state index in [-0.39, 0.29) is 11.8 Å².